The molecular weight excluding hydrogens is 224 g/mol. The molecule has 0 aromatic rings. The van der Waals surface area contributed by atoms with Crippen molar-refractivity contribution in [3.63, 3.8) is 0 Å². The lowest BCUT2D eigenvalue weighted by molar-refractivity contribution is -0.125. The molecule has 2 N–H and O–H groups in total. The molecule has 1 saturated carbocycles. The second-order valence-electron chi connectivity index (χ2n) is 5.92. The van der Waals surface area contributed by atoms with E-state index in [-0.39, 0.29) is 0 Å². The van der Waals surface area contributed by atoms with Gasteiger partial charge in [0.15, 0.2) is 0 Å². The zero-order valence-electron chi connectivity index (χ0n) is 11.5. The van der Waals surface area contributed by atoms with Crippen molar-refractivity contribution >= 4 is 5.91 Å². The third-order valence-corrected chi connectivity index (χ3v) is 4.43. The molecule has 0 bridgehead atoms. The Hall–Kier alpha value is -0.570. The van der Waals surface area contributed by atoms with Crippen LogP contribution in [-0.2, 0) is 4.79 Å². The Balaban J connectivity index is 1.62. The van der Waals surface area contributed by atoms with Gasteiger partial charge in [-0.2, -0.15) is 0 Å². The summed E-state index contributed by atoms with van der Waals surface area (Å²) in [6.07, 6.45) is 12.3. The molecule has 0 aromatic carbocycles. The maximum atomic E-state index is 12.1. The second-order valence-corrected chi connectivity index (χ2v) is 5.92. The molecule has 1 aliphatic carbocycles. The summed E-state index contributed by atoms with van der Waals surface area (Å²) < 4.78 is 0. The SMILES string of the molecule is O=C(NCCC1CCCN1)C1CCCCCCC1. The Morgan fingerprint density at radius 3 is 2.39 bits per heavy atom. The smallest absolute Gasteiger partial charge is 0.223 e. The minimum absolute atomic E-state index is 0.293. The number of hydrogen-bond acceptors (Lipinski definition) is 2. The molecule has 2 rings (SSSR count). The first-order valence-electron chi connectivity index (χ1n) is 7.87. The van der Waals surface area contributed by atoms with Gasteiger partial charge in [-0.3, -0.25) is 4.79 Å². The highest BCUT2D eigenvalue weighted by Gasteiger charge is 2.19. The van der Waals surface area contributed by atoms with Crippen molar-refractivity contribution in [1.82, 2.24) is 10.6 Å². The lowest BCUT2D eigenvalue weighted by atomic mass is 9.90. The van der Waals surface area contributed by atoms with Gasteiger partial charge in [-0.15, -0.1) is 0 Å². The molecule has 104 valence electrons. The second kappa shape index (κ2) is 7.78. The lowest BCUT2D eigenvalue weighted by Crippen LogP contribution is -2.34. The summed E-state index contributed by atoms with van der Waals surface area (Å²) in [7, 11) is 0. The number of nitrogens with one attached hydrogen (secondary N) is 2. The van der Waals surface area contributed by atoms with E-state index < -0.39 is 0 Å². The van der Waals surface area contributed by atoms with Crippen LogP contribution in [0.25, 0.3) is 0 Å². The Bertz CT molecular complexity index is 241. The van der Waals surface area contributed by atoms with E-state index in [1.54, 1.807) is 0 Å². The predicted molar refractivity (Wildman–Crippen MR) is 74.5 cm³/mol. The van der Waals surface area contributed by atoms with E-state index in [4.69, 9.17) is 0 Å². The van der Waals surface area contributed by atoms with Crippen LogP contribution in [0, 0.1) is 5.92 Å². The van der Waals surface area contributed by atoms with E-state index in [0.29, 0.717) is 17.9 Å². The van der Waals surface area contributed by atoms with Crippen LogP contribution >= 0.6 is 0 Å². The highest BCUT2D eigenvalue weighted by Crippen LogP contribution is 2.22. The van der Waals surface area contributed by atoms with Crippen molar-refractivity contribution in [2.45, 2.75) is 70.3 Å². The van der Waals surface area contributed by atoms with Crippen LogP contribution in [0.5, 0.6) is 0 Å². The fraction of sp³-hybridized carbons (Fsp3) is 0.933. The lowest BCUT2D eigenvalue weighted by Gasteiger charge is -2.19. The molecular formula is C15H28N2O. The number of rotatable bonds is 4. The summed E-state index contributed by atoms with van der Waals surface area (Å²) in [6.45, 7) is 2.01. The Kier molecular flexibility index (Phi) is 5.98. The van der Waals surface area contributed by atoms with Gasteiger partial charge < -0.3 is 10.6 Å². The molecule has 2 fully saturated rings. The molecule has 18 heavy (non-hydrogen) atoms. The van der Waals surface area contributed by atoms with E-state index >= 15 is 0 Å². The van der Waals surface area contributed by atoms with E-state index in [1.165, 1.54) is 44.9 Å². The van der Waals surface area contributed by atoms with Gasteiger partial charge in [-0.1, -0.05) is 32.1 Å². The van der Waals surface area contributed by atoms with Gasteiger partial charge in [0.1, 0.15) is 0 Å². The third kappa shape index (κ3) is 4.60. The molecule has 1 unspecified atom stereocenters. The quantitative estimate of drug-likeness (QED) is 0.807. The van der Waals surface area contributed by atoms with Crippen LogP contribution in [-0.4, -0.2) is 25.0 Å². The molecule has 1 atom stereocenters. The standard InChI is InChI=1S/C15H28N2O/c18-15(13-7-4-2-1-3-5-8-13)17-12-10-14-9-6-11-16-14/h13-14,16H,1-12H2,(H,17,18). The molecule has 0 spiro atoms. The van der Waals surface area contributed by atoms with Crippen molar-refractivity contribution in [3.05, 3.63) is 0 Å². The van der Waals surface area contributed by atoms with Crippen molar-refractivity contribution in [3.8, 4) is 0 Å². The van der Waals surface area contributed by atoms with Gasteiger partial charge in [0.05, 0.1) is 0 Å². The monoisotopic (exact) mass is 252 g/mol. The topological polar surface area (TPSA) is 41.1 Å². The van der Waals surface area contributed by atoms with Crippen molar-refractivity contribution in [2.24, 2.45) is 5.92 Å². The molecule has 3 nitrogen and oxygen atoms in total. The largest absolute Gasteiger partial charge is 0.356 e. The number of carbonyl (C=O) groups is 1. The highest BCUT2D eigenvalue weighted by molar-refractivity contribution is 5.78. The summed E-state index contributed by atoms with van der Waals surface area (Å²) in [5, 5.41) is 6.63. The summed E-state index contributed by atoms with van der Waals surface area (Å²) in [5.74, 6) is 0.608. The van der Waals surface area contributed by atoms with Crippen molar-refractivity contribution in [1.29, 1.82) is 0 Å². The molecule has 3 heteroatoms. The number of hydrogen-bond donors (Lipinski definition) is 2. The summed E-state index contributed by atoms with van der Waals surface area (Å²) in [5.41, 5.74) is 0. The van der Waals surface area contributed by atoms with E-state index in [0.717, 1.165) is 32.4 Å². The molecule has 0 radical (unpaired) electrons. The van der Waals surface area contributed by atoms with Gasteiger partial charge in [0, 0.05) is 18.5 Å². The summed E-state index contributed by atoms with van der Waals surface area (Å²) >= 11 is 0. The van der Waals surface area contributed by atoms with Gasteiger partial charge in [-0.05, 0) is 38.6 Å². The van der Waals surface area contributed by atoms with Crippen LogP contribution in [0.2, 0.25) is 0 Å². The van der Waals surface area contributed by atoms with E-state index in [9.17, 15) is 4.79 Å². The van der Waals surface area contributed by atoms with Crippen LogP contribution in [0.15, 0.2) is 0 Å². The van der Waals surface area contributed by atoms with Gasteiger partial charge in [0.25, 0.3) is 0 Å². The third-order valence-electron chi connectivity index (χ3n) is 4.43. The number of amides is 1. The molecule has 2 aliphatic rings. The Labute approximate surface area is 111 Å². The van der Waals surface area contributed by atoms with E-state index in [1.807, 2.05) is 0 Å². The summed E-state index contributed by atoms with van der Waals surface area (Å²) in [6, 6.07) is 0.641. The van der Waals surface area contributed by atoms with E-state index in [2.05, 4.69) is 10.6 Å². The van der Waals surface area contributed by atoms with Gasteiger partial charge in [0.2, 0.25) is 5.91 Å². The molecule has 1 heterocycles. The Morgan fingerprint density at radius 2 is 1.72 bits per heavy atom. The first-order valence-corrected chi connectivity index (χ1v) is 7.87. The average molecular weight is 252 g/mol. The maximum absolute atomic E-state index is 12.1. The van der Waals surface area contributed by atoms with Crippen LogP contribution in [0.4, 0.5) is 0 Å². The molecule has 1 saturated heterocycles. The first kappa shape index (κ1) is 13.9. The normalized spacial score (nSPS) is 26.6. The zero-order valence-corrected chi connectivity index (χ0v) is 11.5. The zero-order chi connectivity index (χ0) is 12.6. The molecule has 1 amide bonds. The summed E-state index contributed by atoms with van der Waals surface area (Å²) in [4.78, 5) is 12.1. The maximum Gasteiger partial charge on any atom is 0.223 e. The van der Waals surface area contributed by atoms with Crippen molar-refractivity contribution < 1.29 is 4.79 Å². The molecule has 0 aromatic heterocycles. The van der Waals surface area contributed by atoms with Crippen LogP contribution in [0.3, 0.4) is 0 Å². The van der Waals surface area contributed by atoms with Gasteiger partial charge >= 0.3 is 0 Å². The average Bonchev–Trinajstić information content (AvgIpc) is 2.81. The predicted octanol–water partition coefficient (Wildman–Crippen LogP) is 2.61. The van der Waals surface area contributed by atoms with Crippen molar-refractivity contribution in [2.75, 3.05) is 13.1 Å². The first-order chi connectivity index (χ1) is 8.86. The van der Waals surface area contributed by atoms with Crippen LogP contribution < -0.4 is 10.6 Å². The fourth-order valence-electron chi connectivity index (χ4n) is 3.24. The molecule has 1 aliphatic heterocycles. The van der Waals surface area contributed by atoms with Gasteiger partial charge in [-0.25, -0.2) is 0 Å². The minimum Gasteiger partial charge on any atom is -0.356 e. The highest BCUT2D eigenvalue weighted by atomic mass is 16.1. The number of carbonyl (C=O) groups excluding carboxylic acids is 1. The van der Waals surface area contributed by atoms with Crippen LogP contribution in [0.1, 0.15) is 64.2 Å². The minimum atomic E-state index is 0.293. The Morgan fingerprint density at radius 1 is 1.00 bits per heavy atom. The fourth-order valence-corrected chi connectivity index (χ4v) is 3.24.